The third-order valence-corrected chi connectivity index (χ3v) is 1.61. The van der Waals surface area contributed by atoms with E-state index < -0.39 is 0 Å². The zero-order chi connectivity index (χ0) is 6.69. The van der Waals surface area contributed by atoms with Crippen LogP contribution in [-0.2, 0) is 4.79 Å². The minimum atomic E-state index is 0.176. The highest BCUT2D eigenvalue weighted by atomic mass is 16.2. The summed E-state index contributed by atoms with van der Waals surface area (Å²) in [6, 6.07) is 0. The second kappa shape index (κ2) is 2.76. The fourth-order valence-corrected chi connectivity index (χ4v) is 1.05. The standard InChI is InChI=1S/C7H12NO/c1-7(9)8-5-3-2-4-6-8/h5H,2-4,6H2,1H3/q+1/i1+1. The predicted octanol–water partition coefficient (Wildman–Crippen LogP) is 0.800. The van der Waals surface area contributed by atoms with Crippen molar-refractivity contribution in [2.24, 2.45) is 0 Å². The summed E-state index contributed by atoms with van der Waals surface area (Å²) < 4.78 is 1.80. The minimum absolute atomic E-state index is 0.176. The van der Waals surface area contributed by atoms with Crippen LogP contribution in [0.25, 0.3) is 0 Å². The number of hydrogen-bond donors (Lipinski definition) is 0. The fourth-order valence-electron chi connectivity index (χ4n) is 1.05. The highest BCUT2D eigenvalue weighted by Crippen LogP contribution is 1.99. The Morgan fingerprint density at radius 2 is 2.33 bits per heavy atom. The monoisotopic (exact) mass is 127 g/mol. The lowest BCUT2D eigenvalue weighted by Crippen LogP contribution is -2.23. The summed E-state index contributed by atoms with van der Waals surface area (Å²) in [4.78, 5) is 10.7. The lowest BCUT2D eigenvalue weighted by atomic mass is 10.2. The van der Waals surface area contributed by atoms with E-state index in [0.29, 0.717) is 0 Å². The molecule has 0 spiro atoms. The molecule has 0 N–H and O–H groups in total. The van der Waals surface area contributed by atoms with Crippen molar-refractivity contribution in [1.82, 2.24) is 0 Å². The van der Waals surface area contributed by atoms with Crippen LogP contribution in [0.2, 0.25) is 0 Å². The molecule has 1 rings (SSSR count). The average molecular weight is 127 g/mol. The molecule has 2 heteroatoms. The number of nitrogens with zero attached hydrogens (tertiary/aromatic N) is 1. The normalized spacial score (nSPS) is 19.0. The topological polar surface area (TPSA) is 20.1 Å². The summed E-state index contributed by atoms with van der Waals surface area (Å²) in [7, 11) is 0. The molecule has 1 heterocycles. The Balaban J connectivity index is 2.57. The van der Waals surface area contributed by atoms with Crippen molar-refractivity contribution in [3.05, 3.63) is 0 Å². The van der Waals surface area contributed by atoms with E-state index in [1.165, 1.54) is 6.42 Å². The highest BCUT2D eigenvalue weighted by Gasteiger charge is 2.13. The van der Waals surface area contributed by atoms with Crippen LogP contribution in [0.3, 0.4) is 0 Å². The highest BCUT2D eigenvalue weighted by molar-refractivity contribution is 5.70. The summed E-state index contributed by atoms with van der Waals surface area (Å²) in [5.41, 5.74) is 0. The van der Waals surface area contributed by atoms with Gasteiger partial charge in [-0.05, 0) is 6.42 Å². The van der Waals surface area contributed by atoms with E-state index >= 15 is 0 Å². The van der Waals surface area contributed by atoms with Crippen molar-refractivity contribution >= 4 is 12.1 Å². The molecule has 0 saturated carbocycles. The first kappa shape index (κ1) is 6.46. The van der Waals surface area contributed by atoms with E-state index in [1.54, 1.807) is 11.5 Å². The molecule has 0 aromatic carbocycles. The van der Waals surface area contributed by atoms with E-state index in [1.807, 2.05) is 6.21 Å². The van der Waals surface area contributed by atoms with Gasteiger partial charge in [0, 0.05) is 12.8 Å². The molecule has 2 nitrogen and oxygen atoms in total. The Morgan fingerprint density at radius 3 is 2.67 bits per heavy atom. The van der Waals surface area contributed by atoms with Crippen LogP contribution in [0.4, 0.5) is 0 Å². The Morgan fingerprint density at radius 1 is 1.56 bits per heavy atom. The van der Waals surface area contributed by atoms with Crippen LogP contribution in [-0.4, -0.2) is 23.2 Å². The van der Waals surface area contributed by atoms with E-state index in [-0.39, 0.29) is 5.91 Å². The van der Waals surface area contributed by atoms with Gasteiger partial charge in [-0.3, -0.25) is 0 Å². The number of hydrogen-bond acceptors (Lipinski definition) is 1. The van der Waals surface area contributed by atoms with Gasteiger partial charge in [0.05, 0.1) is 6.92 Å². The third-order valence-electron chi connectivity index (χ3n) is 1.61. The third kappa shape index (κ3) is 1.63. The van der Waals surface area contributed by atoms with Gasteiger partial charge in [0.25, 0.3) is 0 Å². The first-order chi connectivity index (χ1) is 4.30. The molecule has 0 fully saturated rings. The summed E-state index contributed by atoms with van der Waals surface area (Å²) in [5.74, 6) is 0.176. The van der Waals surface area contributed by atoms with Crippen molar-refractivity contribution in [2.45, 2.75) is 26.2 Å². The number of carbonyl (C=O) groups excluding carboxylic acids is 1. The van der Waals surface area contributed by atoms with Crippen molar-refractivity contribution < 1.29 is 9.37 Å². The van der Waals surface area contributed by atoms with Crippen molar-refractivity contribution in [2.75, 3.05) is 6.54 Å². The van der Waals surface area contributed by atoms with Gasteiger partial charge in [-0.1, -0.05) is 0 Å². The summed E-state index contributed by atoms with van der Waals surface area (Å²) in [6.07, 6.45) is 5.46. The van der Waals surface area contributed by atoms with Crippen LogP contribution < -0.4 is 0 Å². The lowest BCUT2D eigenvalue weighted by Gasteiger charge is -2.02. The van der Waals surface area contributed by atoms with E-state index in [2.05, 4.69) is 0 Å². The Kier molecular flexibility index (Phi) is 1.98. The van der Waals surface area contributed by atoms with Crippen molar-refractivity contribution in [1.29, 1.82) is 0 Å². The second-order valence-corrected chi connectivity index (χ2v) is 2.39. The van der Waals surface area contributed by atoms with Gasteiger partial charge in [-0.2, -0.15) is 4.58 Å². The molecule has 0 radical (unpaired) electrons. The van der Waals surface area contributed by atoms with E-state index in [4.69, 9.17) is 0 Å². The van der Waals surface area contributed by atoms with Gasteiger partial charge in [0.2, 0.25) is 0 Å². The van der Waals surface area contributed by atoms with Gasteiger partial charge in [-0.15, -0.1) is 0 Å². The fraction of sp³-hybridized carbons (Fsp3) is 0.714. The maximum Gasteiger partial charge on any atom is 0.383 e. The first-order valence-corrected chi connectivity index (χ1v) is 3.41. The molecule has 9 heavy (non-hydrogen) atoms. The molecule has 0 bridgehead atoms. The van der Waals surface area contributed by atoms with E-state index in [0.717, 1.165) is 19.4 Å². The summed E-state index contributed by atoms with van der Waals surface area (Å²) in [6.45, 7) is 2.54. The Labute approximate surface area is 55.2 Å². The minimum Gasteiger partial charge on any atom is -0.220 e. The maximum atomic E-state index is 10.7. The Hall–Kier alpha value is -0.660. The quantitative estimate of drug-likeness (QED) is 0.348. The average Bonchev–Trinajstić information content (AvgIpc) is 1.90. The molecule has 0 aliphatic carbocycles. The molecule has 0 atom stereocenters. The molecule has 50 valence electrons. The van der Waals surface area contributed by atoms with Gasteiger partial charge in [-0.25, -0.2) is 4.79 Å². The summed E-state index contributed by atoms with van der Waals surface area (Å²) in [5, 5.41) is 0. The number of amides is 1. The molecule has 0 unspecified atom stereocenters. The van der Waals surface area contributed by atoms with E-state index in [9.17, 15) is 4.79 Å². The van der Waals surface area contributed by atoms with Crippen LogP contribution in [0.15, 0.2) is 0 Å². The maximum absolute atomic E-state index is 10.7. The molecule has 0 saturated heterocycles. The number of rotatable bonds is 0. The smallest absolute Gasteiger partial charge is 0.220 e. The zero-order valence-corrected chi connectivity index (χ0v) is 5.76. The lowest BCUT2D eigenvalue weighted by molar-refractivity contribution is -0.448. The molecular formula is C7H12NO+. The summed E-state index contributed by atoms with van der Waals surface area (Å²) >= 11 is 0. The van der Waals surface area contributed by atoms with Gasteiger partial charge in [0.1, 0.15) is 6.21 Å². The molecule has 1 aliphatic heterocycles. The molecule has 0 aromatic rings. The van der Waals surface area contributed by atoms with Crippen molar-refractivity contribution in [3.63, 3.8) is 0 Å². The van der Waals surface area contributed by atoms with Crippen LogP contribution >= 0.6 is 0 Å². The van der Waals surface area contributed by atoms with Crippen molar-refractivity contribution in [3.8, 4) is 0 Å². The molecule has 1 aliphatic rings. The first-order valence-electron chi connectivity index (χ1n) is 3.41. The van der Waals surface area contributed by atoms with Crippen LogP contribution in [0.5, 0.6) is 0 Å². The largest absolute Gasteiger partial charge is 0.383 e. The van der Waals surface area contributed by atoms with Crippen LogP contribution in [0.1, 0.15) is 26.2 Å². The second-order valence-electron chi connectivity index (χ2n) is 2.39. The molecule has 1 amide bonds. The van der Waals surface area contributed by atoms with Gasteiger partial charge >= 0.3 is 5.91 Å². The van der Waals surface area contributed by atoms with Gasteiger partial charge < -0.3 is 0 Å². The van der Waals surface area contributed by atoms with Gasteiger partial charge in [0.15, 0.2) is 6.54 Å². The molecular weight excluding hydrogens is 115 g/mol. The Bertz CT molecular complexity index is 149. The number of carbonyl (C=O) groups is 1. The molecule has 0 aromatic heterocycles. The zero-order valence-electron chi connectivity index (χ0n) is 5.76. The van der Waals surface area contributed by atoms with Crippen LogP contribution in [0, 0.1) is 0 Å². The predicted molar refractivity (Wildman–Crippen MR) is 35.7 cm³/mol. The SMILES string of the molecule is [13CH3]C(=O)[N+]1=CCCCC1.